The monoisotopic (exact) mass is 1010 g/mol. The van der Waals surface area contributed by atoms with Crippen LogP contribution in [0.15, 0.2) is 4.36 Å². The lowest BCUT2D eigenvalue weighted by Gasteiger charge is -1.58. The zero-order valence-corrected chi connectivity index (χ0v) is 41.7. The summed E-state index contributed by atoms with van der Waals surface area (Å²) in [6, 6.07) is 2.25. The Morgan fingerprint density at radius 3 is 0.268 bits per heavy atom. The van der Waals surface area contributed by atoms with E-state index in [2.05, 4.69) is 485 Å². The lowest BCUT2D eigenvalue weighted by Crippen LogP contribution is -1.57. The maximum atomic E-state index is 4.95. The van der Waals surface area contributed by atoms with E-state index in [9.17, 15) is 0 Å². The van der Waals surface area contributed by atoms with Gasteiger partial charge in [0.2, 0.25) is 0 Å². The molecule has 0 heterocycles. The highest BCUT2D eigenvalue weighted by Gasteiger charge is 1.65. The van der Waals surface area contributed by atoms with Crippen molar-refractivity contribution in [3.63, 3.8) is 0 Å². The van der Waals surface area contributed by atoms with Crippen molar-refractivity contribution in [3.8, 4) is 474 Å². The molecule has 1 nitrogen and oxygen atoms in total. The van der Waals surface area contributed by atoms with Crippen LogP contribution in [0.2, 0.25) is 0 Å². The van der Waals surface area contributed by atoms with Crippen LogP contribution in [-0.4, -0.2) is 0 Å². The quantitative estimate of drug-likeness (QED) is 0.322. The third kappa shape index (κ3) is 62.4. The van der Waals surface area contributed by atoms with E-state index in [1.165, 1.54) is 0 Å². The summed E-state index contributed by atoms with van der Waals surface area (Å²) in [5, 5.41) is 0. The highest BCUT2D eigenvalue weighted by Crippen LogP contribution is 1.65. The molecule has 0 aromatic carbocycles. The van der Waals surface area contributed by atoms with E-state index in [1.807, 2.05) is 0 Å². The molecule has 332 valence electrons. The van der Waals surface area contributed by atoms with Crippen LogP contribution in [0, 0.1) is 474 Å². The van der Waals surface area contributed by atoms with Gasteiger partial charge in [-0.3, -0.25) is 0 Å². The summed E-state index contributed by atoms with van der Waals surface area (Å²) in [6.45, 7) is 0. The second-order valence-electron chi connectivity index (χ2n) is 9.97. The normalized spacial score (nSPS) is 3.99. The lowest BCUT2D eigenvalue weighted by atomic mass is 10.4. The minimum atomic E-state index is 2.12. The summed E-state index contributed by atoms with van der Waals surface area (Å²) in [6.07, 6.45) is 4.95. The van der Waals surface area contributed by atoms with Crippen LogP contribution in [0.4, 0.5) is 0 Å². The van der Waals surface area contributed by atoms with Gasteiger partial charge in [-0.25, -0.2) is 0 Å². The molecular weight excluding hydrogens is 1010 g/mol. The third-order valence-corrected chi connectivity index (χ3v) is 5.02. The second kappa shape index (κ2) is 63.4. The van der Waals surface area contributed by atoms with Crippen molar-refractivity contribution in [1.82, 2.24) is 0 Å². The minimum Gasteiger partial charge on any atom is -0.128 e. The predicted octanol–water partition coefficient (Wildman–Crippen LogP) is 0.440. The molecule has 0 aliphatic carbocycles. The van der Waals surface area contributed by atoms with E-state index in [0.717, 1.165) is 0 Å². The molecule has 0 spiro atoms. The van der Waals surface area contributed by atoms with Crippen molar-refractivity contribution in [1.29, 1.82) is 0 Å². The van der Waals surface area contributed by atoms with Crippen LogP contribution in [0.1, 0.15) is 0 Å². The Labute approximate surface area is 488 Å². The Bertz CT molecular complexity index is 5560. The number of terminal acetylenes is 1. The van der Waals surface area contributed by atoms with E-state index in [4.69, 9.17) is 6.42 Å². The molecule has 0 aromatic rings. The van der Waals surface area contributed by atoms with Gasteiger partial charge in [-0.1, -0.05) is 0 Å². The first kappa shape index (κ1) is 64.4. The Balaban J connectivity index is 4.62. The first-order valence-corrected chi connectivity index (χ1v) is 20.6. The molecule has 0 bridgehead atoms. The lowest BCUT2D eigenvalue weighted by molar-refractivity contribution is 1.80. The topological polar surface area (TPSA) is 12.4 Å². The summed E-state index contributed by atoms with van der Waals surface area (Å²) >= 11 is 4.28. The van der Waals surface area contributed by atoms with Gasteiger partial charge in [0.05, 0.1) is 18.5 Å². The standard InChI is InChI=1S/C80HNS/c1-2-3-4-5-6-7-8-9-10-11-12-13-14-15-16-17-18-19-20-21-22-23-24-25-26-27-28-29-30-31-32-33-34-35-36-37-38-39-40-41-42-43-44-45-46-47-48-49-50-51-52-53-54-55-56-57-58-59-60-61-62-63-64-65-66-67-68-69-70-71-72-73-74-75-76-77-78-79-80-81-82/h1H. The number of hydrogen-bond acceptors (Lipinski definition) is 2. The van der Waals surface area contributed by atoms with Crippen LogP contribution in [0.3, 0.4) is 0 Å². The fourth-order valence-corrected chi connectivity index (χ4v) is 2.48. The third-order valence-electron chi connectivity index (χ3n) is 4.92. The van der Waals surface area contributed by atoms with Crippen molar-refractivity contribution >= 4 is 12.4 Å². The first-order chi connectivity index (χ1) is 40.9. The first-order valence-electron chi connectivity index (χ1n) is 20.2. The van der Waals surface area contributed by atoms with Crippen LogP contribution in [0.25, 0.3) is 0 Å². The van der Waals surface area contributed by atoms with Gasteiger partial charge in [0.25, 0.3) is 0 Å². The van der Waals surface area contributed by atoms with Crippen LogP contribution < -0.4 is 0 Å². The zero-order valence-electron chi connectivity index (χ0n) is 40.9. The molecule has 0 rings (SSSR count). The van der Waals surface area contributed by atoms with Crippen LogP contribution in [-0.2, 0) is 12.4 Å². The van der Waals surface area contributed by atoms with Gasteiger partial charge < -0.3 is 0 Å². The van der Waals surface area contributed by atoms with Gasteiger partial charge in [-0.05, 0) is 47.4 Å². The SMILES string of the molecule is C#CC#CC#CC#CC#CC#CC#CC#CC#CC#CC#CC#CC#CC#CC#CC#CC#CC#CC#CC#CC#CC#CC#CC#CC#CC#CC#CC#CC#CC#CC#CC#CC#CC#CC#CC#CC#CC#CC#CC#CN=S. The highest BCUT2D eigenvalue weighted by molar-refractivity contribution is 7.47. The molecule has 2 heteroatoms. The maximum absolute atomic E-state index is 4.95. The highest BCUT2D eigenvalue weighted by atomic mass is 32.1. The zero-order chi connectivity index (χ0) is 58.6. The summed E-state index contributed by atoms with van der Waals surface area (Å²) in [5.74, 6) is 194. The molecular formula is C80HNS. The van der Waals surface area contributed by atoms with Crippen LogP contribution in [0.5, 0.6) is 0 Å². The van der Waals surface area contributed by atoms with Crippen molar-refractivity contribution in [3.05, 3.63) is 0 Å². The molecule has 0 N–H and O–H groups in total. The molecule has 0 saturated heterocycles. The summed E-state index contributed by atoms with van der Waals surface area (Å²) < 4.78 is 3.15. The summed E-state index contributed by atoms with van der Waals surface area (Å²) in [5.41, 5.74) is 0. The molecule has 0 aliphatic heterocycles. The number of hydrogen-bond donors (Lipinski definition) is 0. The summed E-state index contributed by atoms with van der Waals surface area (Å²) in [4.78, 5) is 0. The van der Waals surface area contributed by atoms with Crippen molar-refractivity contribution in [2.24, 2.45) is 4.36 Å². The molecule has 0 unspecified atom stereocenters. The summed E-state index contributed by atoms with van der Waals surface area (Å²) in [7, 11) is 0. The molecule has 0 aromatic heterocycles. The van der Waals surface area contributed by atoms with Gasteiger partial charge in [0, 0.05) is 414 Å². The van der Waals surface area contributed by atoms with Gasteiger partial charge >= 0.3 is 0 Å². The van der Waals surface area contributed by atoms with E-state index >= 15 is 0 Å². The Morgan fingerprint density at radius 2 is 0.195 bits per heavy atom. The Morgan fingerprint density at radius 1 is 0.122 bits per heavy atom. The number of rotatable bonds is 0. The van der Waals surface area contributed by atoms with Gasteiger partial charge in [0.15, 0.2) is 0 Å². The fraction of sp³-hybridized carbons (Fsp3) is 0. The van der Waals surface area contributed by atoms with E-state index in [-0.39, 0.29) is 0 Å². The van der Waals surface area contributed by atoms with Crippen molar-refractivity contribution in [2.75, 3.05) is 0 Å². The number of nitrogens with zero attached hydrogens (tertiary/aromatic N) is 1. The minimum absolute atomic E-state index is 2.12. The van der Waals surface area contributed by atoms with E-state index in [1.54, 1.807) is 0 Å². The maximum Gasteiger partial charge on any atom is 0.0626 e. The van der Waals surface area contributed by atoms with Gasteiger partial charge in [-0.15, -0.1) is 10.8 Å². The average Bonchev–Trinajstić information content (AvgIpc) is 3.48. The van der Waals surface area contributed by atoms with E-state index in [0.29, 0.717) is 0 Å². The smallest absolute Gasteiger partial charge is 0.0626 e. The molecule has 82 heavy (non-hydrogen) atoms. The Hall–Kier alpha value is -17.6. The van der Waals surface area contributed by atoms with Gasteiger partial charge in [-0.2, -0.15) is 0 Å². The molecule has 0 fully saturated rings. The molecule has 0 aliphatic rings. The van der Waals surface area contributed by atoms with Gasteiger partial charge in [0.1, 0.15) is 0 Å². The largest absolute Gasteiger partial charge is 0.128 e. The molecule has 0 radical (unpaired) electrons. The molecule has 0 saturated carbocycles. The van der Waals surface area contributed by atoms with Crippen LogP contribution >= 0.6 is 0 Å². The molecule has 0 atom stereocenters. The van der Waals surface area contributed by atoms with Crippen molar-refractivity contribution < 1.29 is 0 Å². The Kier molecular flexibility index (Phi) is 49.8. The average molecular weight is 1010 g/mol. The van der Waals surface area contributed by atoms with Crippen molar-refractivity contribution in [2.45, 2.75) is 0 Å². The second-order valence-corrected chi connectivity index (χ2v) is 10.2. The molecule has 0 amide bonds. The predicted molar refractivity (Wildman–Crippen MR) is 322 cm³/mol. The van der Waals surface area contributed by atoms with E-state index < -0.39 is 0 Å². The fourth-order valence-electron chi connectivity index (χ4n) is 2.43.